The Bertz CT molecular complexity index is 453. The first kappa shape index (κ1) is 15.2. The Labute approximate surface area is 121 Å². The molecule has 0 radical (unpaired) electrons. The van der Waals surface area contributed by atoms with Crippen LogP contribution in [-0.2, 0) is 20.7 Å². The summed E-state index contributed by atoms with van der Waals surface area (Å²) < 4.78 is 11.4. The smallest absolute Gasteiger partial charge is 0.164 e. The van der Waals surface area contributed by atoms with Gasteiger partial charge in [0.05, 0.1) is 12.7 Å². The molecule has 2 atom stereocenters. The Morgan fingerprint density at radius 3 is 2.85 bits per heavy atom. The van der Waals surface area contributed by atoms with E-state index in [9.17, 15) is 4.79 Å². The molecular formula is C17H24O3. The lowest BCUT2D eigenvalue weighted by atomic mass is 9.91. The number of fused-ring (bicyclic) bond motifs is 1. The van der Waals surface area contributed by atoms with Crippen LogP contribution in [0.15, 0.2) is 24.3 Å². The molecule has 3 heteroatoms. The zero-order valence-corrected chi connectivity index (χ0v) is 12.6. The van der Waals surface area contributed by atoms with Gasteiger partial charge in [0.25, 0.3) is 0 Å². The Kier molecular flexibility index (Phi) is 5.32. The van der Waals surface area contributed by atoms with Crippen LogP contribution in [0.4, 0.5) is 0 Å². The summed E-state index contributed by atoms with van der Waals surface area (Å²) in [6.07, 6.45) is 0.895. The molecular weight excluding hydrogens is 252 g/mol. The van der Waals surface area contributed by atoms with E-state index in [1.807, 2.05) is 32.9 Å². The summed E-state index contributed by atoms with van der Waals surface area (Å²) >= 11 is 0. The van der Waals surface area contributed by atoms with Crippen molar-refractivity contribution in [3.63, 3.8) is 0 Å². The van der Waals surface area contributed by atoms with Crippen LogP contribution in [-0.4, -0.2) is 25.1 Å². The fourth-order valence-corrected chi connectivity index (χ4v) is 2.78. The van der Waals surface area contributed by atoms with Crippen LogP contribution < -0.4 is 0 Å². The van der Waals surface area contributed by atoms with E-state index in [2.05, 4.69) is 12.1 Å². The molecule has 0 N–H and O–H groups in total. The maximum absolute atomic E-state index is 12.4. The molecule has 110 valence electrons. The molecule has 0 bridgehead atoms. The average Bonchev–Trinajstić information content (AvgIpc) is 2.44. The van der Waals surface area contributed by atoms with Crippen molar-refractivity contribution in [3.05, 3.63) is 35.4 Å². The van der Waals surface area contributed by atoms with Crippen LogP contribution in [0.25, 0.3) is 0 Å². The van der Waals surface area contributed by atoms with Crippen molar-refractivity contribution in [1.82, 2.24) is 0 Å². The highest BCUT2D eigenvalue weighted by Gasteiger charge is 2.28. The van der Waals surface area contributed by atoms with Gasteiger partial charge >= 0.3 is 0 Å². The molecule has 1 aromatic carbocycles. The molecule has 0 aromatic heterocycles. The van der Waals surface area contributed by atoms with Gasteiger partial charge in [-0.05, 0) is 30.4 Å². The van der Waals surface area contributed by atoms with Gasteiger partial charge in [0, 0.05) is 13.0 Å². The summed E-state index contributed by atoms with van der Waals surface area (Å²) in [7, 11) is 0. The molecule has 1 aliphatic heterocycles. The van der Waals surface area contributed by atoms with Crippen LogP contribution in [0.2, 0.25) is 0 Å². The molecule has 0 saturated carbocycles. The molecule has 0 spiro atoms. The predicted molar refractivity (Wildman–Crippen MR) is 78.7 cm³/mol. The largest absolute Gasteiger partial charge is 0.373 e. The first-order valence-electron chi connectivity index (χ1n) is 7.47. The highest BCUT2D eigenvalue weighted by Crippen LogP contribution is 2.30. The maximum atomic E-state index is 12.4. The summed E-state index contributed by atoms with van der Waals surface area (Å²) in [5.74, 6) is 0.338. The van der Waals surface area contributed by atoms with Gasteiger partial charge in [0.1, 0.15) is 6.10 Å². The number of ketones is 1. The topological polar surface area (TPSA) is 35.5 Å². The first-order valence-corrected chi connectivity index (χ1v) is 7.47. The first-order chi connectivity index (χ1) is 9.63. The van der Waals surface area contributed by atoms with Crippen LogP contribution in [0.1, 0.15) is 44.4 Å². The van der Waals surface area contributed by atoms with Gasteiger partial charge in [-0.2, -0.15) is 0 Å². The van der Waals surface area contributed by atoms with Crippen LogP contribution in [0, 0.1) is 5.92 Å². The molecule has 0 saturated heterocycles. The van der Waals surface area contributed by atoms with Crippen molar-refractivity contribution in [3.8, 4) is 0 Å². The Morgan fingerprint density at radius 1 is 1.40 bits per heavy atom. The zero-order valence-electron chi connectivity index (χ0n) is 12.6. The molecule has 1 aliphatic rings. The van der Waals surface area contributed by atoms with E-state index in [0.29, 0.717) is 19.6 Å². The van der Waals surface area contributed by atoms with Gasteiger partial charge in [-0.3, -0.25) is 4.79 Å². The lowest BCUT2D eigenvalue weighted by Crippen LogP contribution is -2.32. The normalized spacial score (nSPS) is 19.7. The minimum absolute atomic E-state index is 0.117. The Morgan fingerprint density at radius 2 is 2.15 bits per heavy atom. The number of ether oxygens (including phenoxy) is 2. The number of carbonyl (C=O) groups excluding carboxylic acids is 1. The molecule has 0 aliphatic carbocycles. The molecule has 1 heterocycles. The van der Waals surface area contributed by atoms with Crippen LogP contribution in [0.5, 0.6) is 0 Å². The van der Waals surface area contributed by atoms with E-state index in [1.54, 1.807) is 0 Å². The fourth-order valence-electron chi connectivity index (χ4n) is 2.78. The molecule has 20 heavy (non-hydrogen) atoms. The number of hydrogen-bond acceptors (Lipinski definition) is 3. The summed E-state index contributed by atoms with van der Waals surface area (Å²) in [5.41, 5.74) is 2.46. The molecule has 0 amide bonds. The van der Waals surface area contributed by atoms with E-state index < -0.39 is 0 Å². The summed E-state index contributed by atoms with van der Waals surface area (Å²) in [6, 6.07) is 8.24. The Balaban J connectivity index is 2.08. The molecule has 3 nitrogen and oxygen atoms in total. The number of Topliss-reactive ketones (excluding diaryl/α,β-unsaturated/α-hetero) is 1. The number of rotatable bonds is 6. The third-order valence-electron chi connectivity index (χ3n) is 3.75. The van der Waals surface area contributed by atoms with Crippen molar-refractivity contribution in [1.29, 1.82) is 0 Å². The van der Waals surface area contributed by atoms with Crippen LogP contribution >= 0.6 is 0 Å². The van der Waals surface area contributed by atoms with Gasteiger partial charge < -0.3 is 9.47 Å². The van der Waals surface area contributed by atoms with E-state index in [4.69, 9.17) is 9.47 Å². The van der Waals surface area contributed by atoms with E-state index in [0.717, 1.165) is 12.0 Å². The van der Waals surface area contributed by atoms with Crippen LogP contribution in [0.3, 0.4) is 0 Å². The summed E-state index contributed by atoms with van der Waals surface area (Å²) in [4.78, 5) is 12.4. The number of carbonyl (C=O) groups is 1. The molecule has 2 rings (SSSR count). The number of benzene rings is 1. The summed E-state index contributed by atoms with van der Waals surface area (Å²) in [6.45, 7) is 7.23. The maximum Gasteiger partial charge on any atom is 0.164 e. The lowest BCUT2D eigenvalue weighted by Gasteiger charge is -2.27. The molecule has 0 fully saturated rings. The van der Waals surface area contributed by atoms with Gasteiger partial charge in [0.15, 0.2) is 5.78 Å². The average molecular weight is 276 g/mol. The second-order valence-electron chi connectivity index (χ2n) is 5.60. The van der Waals surface area contributed by atoms with Gasteiger partial charge in [-0.15, -0.1) is 0 Å². The van der Waals surface area contributed by atoms with Gasteiger partial charge in [0.2, 0.25) is 0 Å². The van der Waals surface area contributed by atoms with Gasteiger partial charge in [-0.1, -0.05) is 38.1 Å². The second kappa shape index (κ2) is 7.00. The monoisotopic (exact) mass is 276 g/mol. The third-order valence-corrected chi connectivity index (χ3v) is 3.75. The highest BCUT2D eigenvalue weighted by molar-refractivity contribution is 5.84. The lowest BCUT2D eigenvalue weighted by molar-refractivity contribution is -0.136. The van der Waals surface area contributed by atoms with E-state index in [-0.39, 0.29) is 23.9 Å². The Hall–Kier alpha value is -1.19. The van der Waals surface area contributed by atoms with Crippen molar-refractivity contribution < 1.29 is 14.3 Å². The standard InChI is InChI=1S/C17H24O3/c1-4-19-17(12(2)3)15(18)11-16-14-8-6-5-7-13(14)9-10-20-16/h5-8,12,16-17H,4,9-11H2,1-3H3. The zero-order chi connectivity index (χ0) is 14.5. The molecule has 1 aromatic rings. The van der Waals surface area contributed by atoms with Crippen molar-refractivity contribution >= 4 is 5.78 Å². The second-order valence-corrected chi connectivity index (χ2v) is 5.60. The minimum atomic E-state index is -0.322. The van der Waals surface area contributed by atoms with E-state index >= 15 is 0 Å². The minimum Gasteiger partial charge on any atom is -0.373 e. The van der Waals surface area contributed by atoms with Crippen molar-refractivity contribution in [2.45, 2.75) is 45.8 Å². The third kappa shape index (κ3) is 3.47. The van der Waals surface area contributed by atoms with Crippen molar-refractivity contribution in [2.24, 2.45) is 5.92 Å². The highest BCUT2D eigenvalue weighted by atomic mass is 16.5. The quantitative estimate of drug-likeness (QED) is 0.799. The van der Waals surface area contributed by atoms with Gasteiger partial charge in [-0.25, -0.2) is 0 Å². The summed E-state index contributed by atoms with van der Waals surface area (Å²) in [5, 5.41) is 0. The van der Waals surface area contributed by atoms with E-state index in [1.165, 1.54) is 5.56 Å². The SMILES string of the molecule is CCOC(C(=O)CC1OCCc2ccccc21)C(C)C. The molecule has 2 unspecified atom stereocenters. The fraction of sp³-hybridized carbons (Fsp3) is 0.588. The predicted octanol–water partition coefficient (Wildman–Crippen LogP) is 3.32. The number of hydrogen-bond donors (Lipinski definition) is 0. The van der Waals surface area contributed by atoms with Crippen molar-refractivity contribution in [2.75, 3.05) is 13.2 Å².